The van der Waals surface area contributed by atoms with Crippen molar-refractivity contribution in [1.82, 2.24) is 10.4 Å². The van der Waals surface area contributed by atoms with Crippen LogP contribution in [0.4, 0.5) is 13.2 Å². The number of carbonyl (C=O) groups excluding carboxylic acids is 2. The molecule has 1 N–H and O–H groups in total. The second-order valence-corrected chi connectivity index (χ2v) is 5.38. The minimum Gasteiger partial charge on any atom is -0.273 e. The van der Waals surface area contributed by atoms with Gasteiger partial charge in [0.1, 0.15) is 0 Å². The first-order valence-corrected chi connectivity index (χ1v) is 7.24. The molecular weight excluding hydrogens is 309 g/mol. The fourth-order valence-corrected chi connectivity index (χ4v) is 2.31. The highest BCUT2D eigenvalue weighted by Crippen LogP contribution is 2.30. The van der Waals surface area contributed by atoms with E-state index in [1.54, 1.807) is 6.92 Å². The highest BCUT2D eigenvalue weighted by atomic mass is 19.4. The third-order valence-electron chi connectivity index (χ3n) is 3.56. The maximum Gasteiger partial charge on any atom is 0.416 e. The molecule has 1 saturated heterocycles. The van der Waals surface area contributed by atoms with Crippen molar-refractivity contribution >= 4 is 17.4 Å². The van der Waals surface area contributed by atoms with Crippen molar-refractivity contribution < 1.29 is 22.8 Å². The number of nitrogens with zero attached hydrogens (tertiary/aromatic N) is 1. The summed E-state index contributed by atoms with van der Waals surface area (Å²) in [5.41, 5.74) is 2.38. The summed E-state index contributed by atoms with van der Waals surface area (Å²) in [6.45, 7) is 1.99. The van der Waals surface area contributed by atoms with Gasteiger partial charge in [0.15, 0.2) is 0 Å². The summed E-state index contributed by atoms with van der Waals surface area (Å²) >= 11 is 0. The van der Waals surface area contributed by atoms with Crippen LogP contribution >= 0.6 is 0 Å². The molecule has 4 nitrogen and oxygen atoms in total. The second kappa shape index (κ2) is 6.85. The molecular formula is C16H17F3N2O2. The van der Waals surface area contributed by atoms with Crippen LogP contribution in [-0.2, 0) is 15.8 Å². The molecule has 1 fully saturated rings. The number of carbonyl (C=O) groups is 2. The number of benzene rings is 1. The molecule has 7 heteroatoms. The van der Waals surface area contributed by atoms with Crippen LogP contribution in [0.15, 0.2) is 30.3 Å². The molecule has 1 aliphatic heterocycles. The molecule has 0 saturated carbocycles. The fraction of sp³-hybridized carbons (Fsp3) is 0.375. The van der Waals surface area contributed by atoms with E-state index in [0.29, 0.717) is 24.1 Å². The third kappa shape index (κ3) is 4.58. The monoisotopic (exact) mass is 326 g/mol. The summed E-state index contributed by atoms with van der Waals surface area (Å²) in [7, 11) is 0. The maximum absolute atomic E-state index is 12.7. The molecule has 23 heavy (non-hydrogen) atoms. The van der Waals surface area contributed by atoms with E-state index in [4.69, 9.17) is 0 Å². The van der Waals surface area contributed by atoms with Crippen molar-refractivity contribution in [2.24, 2.45) is 0 Å². The molecule has 1 aromatic carbocycles. The highest BCUT2D eigenvalue weighted by molar-refractivity contribution is 5.95. The summed E-state index contributed by atoms with van der Waals surface area (Å²) in [6, 6.07) is 4.76. The zero-order valence-corrected chi connectivity index (χ0v) is 12.6. The minimum atomic E-state index is -4.43. The van der Waals surface area contributed by atoms with E-state index in [-0.39, 0.29) is 5.91 Å². The van der Waals surface area contributed by atoms with Crippen LogP contribution in [0.2, 0.25) is 0 Å². The first kappa shape index (κ1) is 17.1. The van der Waals surface area contributed by atoms with E-state index in [1.165, 1.54) is 23.2 Å². The van der Waals surface area contributed by atoms with E-state index in [0.717, 1.165) is 25.0 Å². The van der Waals surface area contributed by atoms with E-state index < -0.39 is 17.6 Å². The molecule has 0 bridgehead atoms. The van der Waals surface area contributed by atoms with Crippen molar-refractivity contribution in [3.63, 3.8) is 0 Å². The average molecular weight is 326 g/mol. The van der Waals surface area contributed by atoms with Gasteiger partial charge in [0.2, 0.25) is 5.91 Å². The molecule has 0 radical (unpaired) electrons. The number of nitrogens with one attached hydrogen (secondary N) is 1. The van der Waals surface area contributed by atoms with Crippen molar-refractivity contribution in [2.45, 2.75) is 32.4 Å². The van der Waals surface area contributed by atoms with E-state index in [9.17, 15) is 22.8 Å². The predicted octanol–water partition coefficient (Wildman–Crippen LogP) is 3.15. The van der Waals surface area contributed by atoms with Gasteiger partial charge in [-0.1, -0.05) is 12.1 Å². The zero-order chi connectivity index (χ0) is 17.0. The Balaban J connectivity index is 2.09. The molecule has 124 valence electrons. The molecule has 0 aromatic heterocycles. The molecule has 0 spiro atoms. The van der Waals surface area contributed by atoms with Crippen molar-refractivity contribution in [2.75, 3.05) is 6.54 Å². The fourth-order valence-electron chi connectivity index (χ4n) is 2.31. The largest absolute Gasteiger partial charge is 0.416 e. The Morgan fingerprint density at radius 2 is 2.04 bits per heavy atom. The van der Waals surface area contributed by atoms with Crippen molar-refractivity contribution in [1.29, 1.82) is 0 Å². The summed E-state index contributed by atoms with van der Waals surface area (Å²) < 4.78 is 38.1. The standard InChI is InChI=1S/C16H17F3N2O2/c1-11(12-5-4-6-13(10-12)16(17,18)19)9-14(22)20-21-8-3-2-7-15(21)23/h4-6,9-10H,2-3,7-8H2,1H3,(H,20,22). The Morgan fingerprint density at radius 1 is 1.30 bits per heavy atom. The Kier molecular flexibility index (Phi) is 5.08. The summed E-state index contributed by atoms with van der Waals surface area (Å²) in [5.74, 6) is -0.690. The lowest BCUT2D eigenvalue weighted by Gasteiger charge is -2.26. The summed E-state index contributed by atoms with van der Waals surface area (Å²) in [5, 5.41) is 1.25. The van der Waals surface area contributed by atoms with Crippen LogP contribution in [0.25, 0.3) is 5.57 Å². The molecule has 1 aromatic rings. The number of halogens is 3. The van der Waals surface area contributed by atoms with Gasteiger partial charge in [0, 0.05) is 19.0 Å². The number of rotatable bonds is 3. The van der Waals surface area contributed by atoms with E-state index >= 15 is 0 Å². The molecule has 1 heterocycles. The van der Waals surface area contributed by atoms with Gasteiger partial charge in [-0.2, -0.15) is 13.2 Å². The molecule has 0 atom stereocenters. The number of piperidine rings is 1. The van der Waals surface area contributed by atoms with Crippen LogP contribution in [0.5, 0.6) is 0 Å². The lowest BCUT2D eigenvalue weighted by molar-refractivity contribution is -0.141. The van der Waals surface area contributed by atoms with Gasteiger partial charge >= 0.3 is 6.18 Å². The number of hydrazine groups is 1. The van der Waals surface area contributed by atoms with Crippen LogP contribution in [0.1, 0.15) is 37.3 Å². The maximum atomic E-state index is 12.7. The molecule has 0 unspecified atom stereocenters. The lowest BCUT2D eigenvalue weighted by atomic mass is 10.0. The van der Waals surface area contributed by atoms with Crippen LogP contribution in [0.3, 0.4) is 0 Å². The highest BCUT2D eigenvalue weighted by Gasteiger charge is 2.30. The molecule has 2 rings (SSSR count). The molecule has 1 aliphatic rings. The van der Waals surface area contributed by atoms with E-state index in [2.05, 4.69) is 5.43 Å². The molecule has 2 amide bonds. The van der Waals surface area contributed by atoms with Crippen molar-refractivity contribution in [3.8, 4) is 0 Å². The van der Waals surface area contributed by atoms with Crippen LogP contribution < -0.4 is 5.43 Å². The Labute approximate surface area is 131 Å². The van der Waals surface area contributed by atoms with Gasteiger partial charge < -0.3 is 0 Å². The normalized spacial score (nSPS) is 16.4. The lowest BCUT2D eigenvalue weighted by Crippen LogP contribution is -2.47. The Bertz CT molecular complexity index is 638. The first-order chi connectivity index (χ1) is 10.8. The minimum absolute atomic E-state index is 0.158. The average Bonchev–Trinajstić information content (AvgIpc) is 2.49. The third-order valence-corrected chi connectivity index (χ3v) is 3.56. The number of hydrogen-bond acceptors (Lipinski definition) is 2. The quantitative estimate of drug-likeness (QED) is 0.868. The number of hydrogen-bond donors (Lipinski definition) is 1. The SMILES string of the molecule is CC(=CC(=O)NN1CCCCC1=O)c1cccc(C(F)(F)F)c1. The smallest absolute Gasteiger partial charge is 0.273 e. The zero-order valence-electron chi connectivity index (χ0n) is 12.6. The predicted molar refractivity (Wildman–Crippen MR) is 78.8 cm³/mol. The van der Waals surface area contributed by atoms with Crippen molar-refractivity contribution in [3.05, 3.63) is 41.5 Å². The van der Waals surface area contributed by atoms with Gasteiger partial charge in [0.25, 0.3) is 5.91 Å². The van der Waals surface area contributed by atoms with Gasteiger partial charge in [-0.05, 0) is 43.0 Å². The van der Waals surface area contributed by atoms with Crippen LogP contribution in [-0.4, -0.2) is 23.4 Å². The topological polar surface area (TPSA) is 49.4 Å². The first-order valence-electron chi connectivity index (χ1n) is 7.24. The van der Waals surface area contributed by atoms with Gasteiger partial charge in [-0.25, -0.2) is 0 Å². The summed E-state index contributed by atoms with van der Waals surface area (Å²) in [4.78, 5) is 23.5. The van der Waals surface area contributed by atoms with Crippen LogP contribution in [0, 0.1) is 0 Å². The number of allylic oxidation sites excluding steroid dienone is 1. The Hall–Kier alpha value is -2.31. The number of amides is 2. The summed E-state index contributed by atoms with van der Waals surface area (Å²) in [6.07, 6.45) is -1.25. The number of alkyl halides is 3. The van der Waals surface area contributed by atoms with Gasteiger partial charge in [0.05, 0.1) is 5.56 Å². The van der Waals surface area contributed by atoms with Gasteiger partial charge in [-0.15, -0.1) is 0 Å². The second-order valence-electron chi connectivity index (χ2n) is 5.38. The van der Waals surface area contributed by atoms with Gasteiger partial charge in [-0.3, -0.25) is 20.0 Å². The Morgan fingerprint density at radius 3 is 2.70 bits per heavy atom. The molecule has 0 aliphatic carbocycles. The van der Waals surface area contributed by atoms with E-state index in [1.807, 2.05) is 0 Å².